The molecule has 5 nitrogen and oxygen atoms in total. The Morgan fingerprint density at radius 1 is 1.17 bits per heavy atom. The van der Waals surface area contributed by atoms with Gasteiger partial charge in [0.15, 0.2) is 0 Å². The lowest BCUT2D eigenvalue weighted by atomic mass is 10.2. The standard InChI is InChI=1S/C13H24N4O/c1-5-14-11-8-12(15-7-6-10(4)18)17-13(16-11)9(2)3/h8-10,18H,5-7H2,1-4H3,(H2,14,15,16,17). The van der Waals surface area contributed by atoms with Crippen molar-refractivity contribution < 1.29 is 5.11 Å². The van der Waals surface area contributed by atoms with Crippen LogP contribution in [-0.2, 0) is 0 Å². The summed E-state index contributed by atoms with van der Waals surface area (Å²) in [5, 5.41) is 15.6. The highest BCUT2D eigenvalue weighted by Crippen LogP contribution is 2.16. The molecule has 0 amide bonds. The van der Waals surface area contributed by atoms with Gasteiger partial charge < -0.3 is 15.7 Å². The first-order chi connectivity index (χ1) is 8.52. The van der Waals surface area contributed by atoms with Gasteiger partial charge in [-0.25, -0.2) is 9.97 Å². The first-order valence-electron chi connectivity index (χ1n) is 6.57. The maximum atomic E-state index is 9.23. The summed E-state index contributed by atoms with van der Waals surface area (Å²) in [4.78, 5) is 8.92. The lowest BCUT2D eigenvalue weighted by molar-refractivity contribution is 0.188. The van der Waals surface area contributed by atoms with E-state index in [9.17, 15) is 5.11 Å². The van der Waals surface area contributed by atoms with E-state index in [0.29, 0.717) is 18.9 Å². The fourth-order valence-electron chi connectivity index (χ4n) is 1.50. The minimum Gasteiger partial charge on any atom is -0.393 e. The summed E-state index contributed by atoms with van der Waals surface area (Å²) < 4.78 is 0. The summed E-state index contributed by atoms with van der Waals surface area (Å²) in [7, 11) is 0. The van der Waals surface area contributed by atoms with Crippen LogP contribution in [0.15, 0.2) is 6.07 Å². The minimum absolute atomic E-state index is 0.293. The van der Waals surface area contributed by atoms with Gasteiger partial charge in [0.1, 0.15) is 17.5 Å². The van der Waals surface area contributed by atoms with Crippen molar-refractivity contribution in [2.24, 2.45) is 0 Å². The molecule has 1 atom stereocenters. The number of nitrogens with one attached hydrogen (secondary N) is 2. The number of anilines is 2. The van der Waals surface area contributed by atoms with E-state index in [1.165, 1.54) is 0 Å². The summed E-state index contributed by atoms with van der Waals surface area (Å²) in [5.74, 6) is 2.77. The first kappa shape index (κ1) is 14.7. The fraction of sp³-hybridized carbons (Fsp3) is 0.692. The van der Waals surface area contributed by atoms with Crippen LogP contribution >= 0.6 is 0 Å². The van der Waals surface area contributed by atoms with Crippen molar-refractivity contribution >= 4 is 11.6 Å². The predicted molar refractivity (Wildman–Crippen MR) is 75.1 cm³/mol. The Morgan fingerprint density at radius 3 is 2.28 bits per heavy atom. The summed E-state index contributed by atoms with van der Waals surface area (Å²) in [6, 6.07) is 1.90. The normalized spacial score (nSPS) is 12.6. The van der Waals surface area contributed by atoms with E-state index in [1.807, 2.05) is 13.0 Å². The Morgan fingerprint density at radius 2 is 1.78 bits per heavy atom. The molecule has 1 unspecified atom stereocenters. The highest BCUT2D eigenvalue weighted by atomic mass is 16.3. The summed E-state index contributed by atoms with van der Waals surface area (Å²) in [5.41, 5.74) is 0. The van der Waals surface area contributed by atoms with E-state index in [-0.39, 0.29) is 6.10 Å². The number of hydrogen-bond acceptors (Lipinski definition) is 5. The first-order valence-corrected chi connectivity index (χ1v) is 6.57. The van der Waals surface area contributed by atoms with Crippen LogP contribution in [0.1, 0.15) is 45.9 Å². The molecule has 0 saturated heterocycles. The maximum absolute atomic E-state index is 9.23. The second-order valence-corrected chi connectivity index (χ2v) is 4.75. The Hall–Kier alpha value is -1.36. The quantitative estimate of drug-likeness (QED) is 0.694. The molecule has 5 heteroatoms. The molecule has 0 radical (unpaired) electrons. The van der Waals surface area contributed by atoms with Crippen molar-refractivity contribution in [3.63, 3.8) is 0 Å². The van der Waals surface area contributed by atoms with Gasteiger partial charge in [0, 0.05) is 25.1 Å². The molecule has 1 aromatic heterocycles. The Bertz CT molecular complexity index is 366. The van der Waals surface area contributed by atoms with E-state index >= 15 is 0 Å². The lowest BCUT2D eigenvalue weighted by Gasteiger charge is -2.12. The zero-order valence-electron chi connectivity index (χ0n) is 11.7. The van der Waals surface area contributed by atoms with Gasteiger partial charge in [-0.15, -0.1) is 0 Å². The van der Waals surface area contributed by atoms with Crippen LogP contribution < -0.4 is 10.6 Å². The van der Waals surface area contributed by atoms with E-state index in [1.54, 1.807) is 6.92 Å². The molecule has 0 aliphatic rings. The molecule has 3 N–H and O–H groups in total. The summed E-state index contributed by atoms with van der Waals surface area (Å²) in [6.45, 7) is 9.51. The number of hydrogen-bond donors (Lipinski definition) is 3. The molecular weight excluding hydrogens is 228 g/mol. The van der Waals surface area contributed by atoms with E-state index in [4.69, 9.17) is 0 Å². The molecule has 1 heterocycles. The Labute approximate surface area is 109 Å². The molecule has 1 rings (SSSR count). The van der Waals surface area contributed by atoms with Crippen molar-refractivity contribution in [1.29, 1.82) is 0 Å². The van der Waals surface area contributed by atoms with E-state index < -0.39 is 0 Å². The van der Waals surface area contributed by atoms with Crippen LogP contribution in [0.5, 0.6) is 0 Å². The largest absolute Gasteiger partial charge is 0.393 e. The second kappa shape index (κ2) is 7.16. The van der Waals surface area contributed by atoms with Gasteiger partial charge in [0.25, 0.3) is 0 Å². The van der Waals surface area contributed by atoms with Crippen LogP contribution in [0.25, 0.3) is 0 Å². The summed E-state index contributed by atoms with van der Waals surface area (Å²) in [6.07, 6.45) is 0.412. The molecule has 0 aliphatic carbocycles. The van der Waals surface area contributed by atoms with Gasteiger partial charge in [0.05, 0.1) is 6.10 Å². The van der Waals surface area contributed by atoms with E-state index in [2.05, 4.69) is 34.4 Å². The third-order valence-corrected chi connectivity index (χ3v) is 2.49. The average molecular weight is 252 g/mol. The number of aromatic nitrogens is 2. The van der Waals surface area contributed by atoms with Gasteiger partial charge in [-0.05, 0) is 20.3 Å². The molecule has 0 bridgehead atoms. The molecule has 0 aromatic carbocycles. The van der Waals surface area contributed by atoms with Crippen molar-refractivity contribution in [3.8, 4) is 0 Å². The van der Waals surface area contributed by atoms with Gasteiger partial charge in [0.2, 0.25) is 0 Å². The van der Waals surface area contributed by atoms with Gasteiger partial charge in [-0.2, -0.15) is 0 Å². The number of rotatable bonds is 7. The summed E-state index contributed by atoms with van der Waals surface area (Å²) >= 11 is 0. The molecule has 18 heavy (non-hydrogen) atoms. The smallest absolute Gasteiger partial charge is 0.135 e. The number of aliphatic hydroxyl groups is 1. The SMILES string of the molecule is CCNc1cc(NCCC(C)O)nc(C(C)C)n1. The molecular formula is C13H24N4O. The monoisotopic (exact) mass is 252 g/mol. The van der Waals surface area contributed by atoms with Crippen molar-refractivity contribution in [1.82, 2.24) is 9.97 Å². The molecule has 0 fully saturated rings. The average Bonchev–Trinajstić information content (AvgIpc) is 2.28. The van der Waals surface area contributed by atoms with Crippen molar-refractivity contribution in [2.45, 2.75) is 46.1 Å². The van der Waals surface area contributed by atoms with Crippen molar-refractivity contribution in [3.05, 3.63) is 11.9 Å². The fourth-order valence-corrected chi connectivity index (χ4v) is 1.50. The minimum atomic E-state index is -0.294. The number of nitrogens with zero attached hydrogens (tertiary/aromatic N) is 2. The molecule has 102 valence electrons. The van der Waals surface area contributed by atoms with Crippen LogP contribution in [0.2, 0.25) is 0 Å². The van der Waals surface area contributed by atoms with Crippen molar-refractivity contribution in [2.75, 3.05) is 23.7 Å². The maximum Gasteiger partial charge on any atom is 0.135 e. The topological polar surface area (TPSA) is 70.1 Å². The van der Waals surface area contributed by atoms with Crippen LogP contribution in [0.3, 0.4) is 0 Å². The zero-order valence-corrected chi connectivity index (χ0v) is 11.7. The zero-order chi connectivity index (χ0) is 13.5. The Balaban J connectivity index is 2.75. The predicted octanol–water partition coefficient (Wildman–Crippen LogP) is 2.21. The van der Waals surface area contributed by atoms with E-state index in [0.717, 1.165) is 24.0 Å². The number of aliphatic hydroxyl groups excluding tert-OH is 1. The third kappa shape index (κ3) is 4.87. The highest BCUT2D eigenvalue weighted by Gasteiger charge is 2.07. The molecule has 0 saturated carbocycles. The van der Waals surface area contributed by atoms with Gasteiger partial charge in [-0.1, -0.05) is 13.8 Å². The second-order valence-electron chi connectivity index (χ2n) is 4.75. The van der Waals surface area contributed by atoms with Crippen LogP contribution in [0, 0.1) is 0 Å². The lowest BCUT2D eigenvalue weighted by Crippen LogP contribution is -2.13. The van der Waals surface area contributed by atoms with Gasteiger partial charge in [-0.3, -0.25) is 0 Å². The molecule has 0 aliphatic heterocycles. The molecule has 1 aromatic rings. The highest BCUT2D eigenvalue weighted by molar-refractivity contribution is 5.47. The van der Waals surface area contributed by atoms with Crippen LogP contribution in [0.4, 0.5) is 11.6 Å². The van der Waals surface area contributed by atoms with Gasteiger partial charge >= 0.3 is 0 Å². The van der Waals surface area contributed by atoms with Crippen LogP contribution in [-0.4, -0.2) is 34.3 Å². The molecule has 0 spiro atoms. The third-order valence-electron chi connectivity index (χ3n) is 2.49. The Kier molecular flexibility index (Phi) is 5.85.